The van der Waals surface area contributed by atoms with Crippen molar-refractivity contribution in [3.8, 4) is 5.75 Å². The van der Waals surface area contributed by atoms with E-state index in [0.717, 1.165) is 0 Å². The van der Waals surface area contributed by atoms with E-state index >= 15 is 0 Å². The molecule has 0 aromatic carbocycles. The first-order valence-corrected chi connectivity index (χ1v) is 5.45. The van der Waals surface area contributed by atoms with Gasteiger partial charge < -0.3 is 4.74 Å². The van der Waals surface area contributed by atoms with Crippen LogP contribution in [0.3, 0.4) is 0 Å². The first-order valence-electron chi connectivity index (χ1n) is 5.45. The number of halogens is 3. The molecule has 1 aliphatic heterocycles. The number of carbonyl (C=O) groups is 1. The fourth-order valence-electron chi connectivity index (χ4n) is 1.46. The smallest absolute Gasteiger partial charge is 0.422 e. The van der Waals surface area contributed by atoms with Gasteiger partial charge in [0, 0.05) is 12.8 Å². The van der Waals surface area contributed by atoms with E-state index in [1.165, 1.54) is 18.3 Å². The third-order valence-electron chi connectivity index (χ3n) is 2.34. The number of hydrogen-bond acceptors (Lipinski definition) is 4. The second-order valence-electron chi connectivity index (χ2n) is 3.88. The lowest BCUT2D eigenvalue weighted by Gasteiger charge is -2.12. The summed E-state index contributed by atoms with van der Waals surface area (Å²) in [4.78, 5) is 14.9. The monoisotopic (exact) mass is 273 g/mol. The van der Waals surface area contributed by atoms with Gasteiger partial charge in [0.15, 0.2) is 6.61 Å². The van der Waals surface area contributed by atoms with Crippen molar-refractivity contribution in [1.29, 1.82) is 0 Å². The van der Waals surface area contributed by atoms with E-state index in [0.29, 0.717) is 24.2 Å². The van der Waals surface area contributed by atoms with E-state index in [-0.39, 0.29) is 11.7 Å². The molecular weight excluding hydrogens is 263 g/mol. The summed E-state index contributed by atoms with van der Waals surface area (Å²) in [5.41, 5.74) is 3.40. The molecule has 0 radical (unpaired) electrons. The molecule has 2 heterocycles. The lowest BCUT2D eigenvalue weighted by molar-refractivity contribution is -0.153. The number of hydrogen-bond donors (Lipinski definition) is 1. The van der Waals surface area contributed by atoms with Gasteiger partial charge in [-0.3, -0.25) is 9.78 Å². The first-order chi connectivity index (χ1) is 8.94. The van der Waals surface area contributed by atoms with Crippen molar-refractivity contribution < 1.29 is 22.7 Å². The van der Waals surface area contributed by atoms with Crippen molar-refractivity contribution in [2.45, 2.75) is 19.0 Å². The van der Waals surface area contributed by atoms with Gasteiger partial charge >= 0.3 is 6.18 Å². The summed E-state index contributed by atoms with van der Waals surface area (Å²) < 4.78 is 40.4. The van der Waals surface area contributed by atoms with Crippen LogP contribution in [0.25, 0.3) is 0 Å². The number of carbonyl (C=O) groups excluding carboxylic acids is 1. The van der Waals surface area contributed by atoms with Crippen molar-refractivity contribution in [3.63, 3.8) is 0 Å². The molecule has 1 N–H and O–H groups in total. The quantitative estimate of drug-likeness (QED) is 0.910. The van der Waals surface area contributed by atoms with Crippen LogP contribution in [0.15, 0.2) is 23.4 Å². The maximum Gasteiger partial charge on any atom is 0.422 e. The van der Waals surface area contributed by atoms with E-state index < -0.39 is 12.8 Å². The number of pyridine rings is 1. The number of nitrogens with one attached hydrogen (secondary N) is 1. The maximum absolute atomic E-state index is 11.9. The number of alkyl halides is 3. The molecule has 1 aromatic heterocycles. The van der Waals surface area contributed by atoms with E-state index in [2.05, 4.69) is 20.2 Å². The zero-order chi connectivity index (χ0) is 13.9. The second kappa shape index (κ2) is 5.25. The SMILES string of the molecule is O=C1CCC(c2ccc(OCC(F)(F)F)cn2)=NN1. The summed E-state index contributed by atoms with van der Waals surface area (Å²) in [7, 11) is 0. The predicted molar refractivity (Wildman–Crippen MR) is 59.7 cm³/mol. The molecule has 1 aliphatic rings. The Kier molecular flexibility index (Phi) is 3.68. The highest BCUT2D eigenvalue weighted by Crippen LogP contribution is 2.18. The van der Waals surface area contributed by atoms with Gasteiger partial charge in [0.2, 0.25) is 5.91 Å². The average molecular weight is 273 g/mol. The molecule has 1 aromatic rings. The highest BCUT2D eigenvalue weighted by atomic mass is 19.4. The van der Waals surface area contributed by atoms with E-state index in [1.54, 1.807) is 0 Å². The molecule has 2 rings (SSSR count). The average Bonchev–Trinajstić information content (AvgIpc) is 2.37. The van der Waals surface area contributed by atoms with Crippen molar-refractivity contribution in [2.75, 3.05) is 6.61 Å². The summed E-state index contributed by atoms with van der Waals surface area (Å²) >= 11 is 0. The highest BCUT2D eigenvalue weighted by molar-refractivity contribution is 6.02. The van der Waals surface area contributed by atoms with Crippen LogP contribution in [0.1, 0.15) is 18.5 Å². The van der Waals surface area contributed by atoms with Crippen LogP contribution in [0.2, 0.25) is 0 Å². The van der Waals surface area contributed by atoms with Crippen LogP contribution in [-0.4, -0.2) is 29.4 Å². The van der Waals surface area contributed by atoms with Gasteiger partial charge in [-0.25, -0.2) is 5.43 Å². The van der Waals surface area contributed by atoms with Crippen LogP contribution >= 0.6 is 0 Å². The van der Waals surface area contributed by atoms with Crippen LogP contribution in [0, 0.1) is 0 Å². The van der Waals surface area contributed by atoms with Gasteiger partial charge in [0.25, 0.3) is 0 Å². The van der Waals surface area contributed by atoms with Crippen molar-refractivity contribution in [1.82, 2.24) is 10.4 Å². The molecule has 8 heteroatoms. The zero-order valence-corrected chi connectivity index (χ0v) is 9.70. The first kappa shape index (κ1) is 13.3. The van der Waals surface area contributed by atoms with Gasteiger partial charge in [-0.05, 0) is 12.1 Å². The molecule has 1 amide bonds. The Hall–Kier alpha value is -2.12. The fraction of sp³-hybridized carbons (Fsp3) is 0.364. The summed E-state index contributed by atoms with van der Waals surface area (Å²) in [6.07, 6.45) is -2.43. The maximum atomic E-state index is 11.9. The molecule has 0 spiro atoms. The van der Waals surface area contributed by atoms with Crippen LogP contribution in [0.5, 0.6) is 5.75 Å². The van der Waals surface area contributed by atoms with Gasteiger partial charge in [-0.1, -0.05) is 0 Å². The number of rotatable bonds is 3. The molecule has 0 fully saturated rings. The van der Waals surface area contributed by atoms with E-state index in [4.69, 9.17) is 0 Å². The molecular formula is C11H10F3N3O2. The Morgan fingerprint density at radius 1 is 1.32 bits per heavy atom. The molecule has 5 nitrogen and oxygen atoms in total. The summed E-state index contributed by atoms with van der Waals surface area (Å²) in [5, 5.41) is 3.83. The molecule has 0 saturated carbocycles. The fourth-order valence-corrected chi connectivity index (χ4v) is 1.46. The number of amides is 1. The minimum Gasteiger partial charge on any atom is -0.483 e. The topological polar surface area (TPSA) is 63.6 Å². The third-order valence-corrected chi connectivity index (χ3v) is 2.34. The summed E-state index contributed by atoms with van der Waals surface area (Å²) in [6.45, 7) is -1.36. The molecule has 0 bridgehead atoms. The second-order valence-corrected chi connectivity index (χ2v) is 3.88. The Balaban J connectivity index is 2.00. The molecule has 0 unspecified atom stereocenters. The number of nitrogens with zero attached hydrogens (tertiary/aromatic N) is 2. The van der Waals surface area contributed by atoms with Crippen molar-refractivity contribution in [3.05, 3.63) is 24.0 Å². The van der Waals surface area contributed by atoms with Crippen LogP contribution in [-0.2, 0) is 4.79 Å². The van der Waals surface area contributed by atoms with Gasteiger partial charge in [-0.15, -0.1) is 0 Å². The Labute approximate surface area is 106 Å². The number of hydrazone groups is 1. The number of aromatic nitrogens is 1. The molecule has 19 heavy (non-hydrogen) atoms. The zero-order valence-electron chi connectivity index (χ0n) is 9.70. The lowest BCUT2D eigenvalue weighted by Crippen LogP contribution is -2.26. The minimum absolute atomic E-state index is 0.0292. The Morgan fingerprint density at radius 2 is 2.11 bits per heavy atom. The van der Waals surface area contributed by atoms with Crippen LogP contribution < -0.4 is 10.2 Å². The van der Waals surface area contributed by atoms with Crippen molar-refractivity contribution in [2.24, 2.45) is 5.10 Å². The highest BCUT2D eigenvalue weighted by Gasteiger charge is 2.28. The molecule has 102 valence electrons. The summed E-state index contributed by atoms with van der Waals surface area (Å²) in [5.74, 6) is -0.143. The molecule has 0 aliphatic carbocycles. The van der Waals surface area contributed by atoms with Gasteiger partial charge in [0.1, 0.15) is 5.75 Å². The van der Waals surface area contributed by atoms with Crippen molar-refractivity contribution >= 4 is 11.6 Å². The molecule has 0 saturated heterocycles. The normalized spacial score (nSPS) is 15.7. The van der Waals surface area contributed by atoms with Gasteiger partial charge in [-0.2, -0.15) is 18.3 Å². The van der Waals surface area contributed by atoms with Gasteiger partial charge in [0.05, 0.1) is 17.6 Å². The molecule has 0 atom stereocenters. The Morgan fingerprint density at radius 3 is 2.63 bits per heavy atom. The standard InChI is InChI=1S/C11H10F3N3O2/c12-11(13,14)6-19-7-1-2-8(15-5-7)9-3-4-10(18)17-16-9/h1-2,5H,3-4,6H2,(H,17,18). The largest absolute Gasteiger partial charge is 0.483 e. The predicted octanol–water partition coefficient (Wildman–Crippen LogP) is 1.64. The third kappa shape index (κ3) is 3.94. The minimum atomic E-state index is -4.38. The van der Waals surface area contributed by atoms with E-state index in [1.807, 2.05) is 0 Å². The number of ether oxygens (including phenoxy) is 1. The van der Waals surface area contributed by atoms with E-state index in [9.17, 15) is 18.0 Å². The lowest BCUT2D eigenvalue weighted by atomic mass is 10.1. The van der Waals surface area contributed by atoms with Crippen LogP contribution in [0.4, 0.5) is 13.2 Å². The summed E-state index contributed by atoms with van der Waals surface area (Å²) in [6, 6.07) is 2.88. The Bertz CT molecular complexity index is 497.